The maximum atomic E-state index is 2.46. The Morgan fingerprint density at radius 1 is 0.250 bits per heavy atom. The lowest BCUT2D eigenvalue weighted by atomic mass is 9.84. The molecule has 0 aliphatic carbocycles. The number of nitrogens with zero attached hydrogens (tertiary/aromatic N) is 1. The van der Waals surface area contributed by atoms with Crippen LogP contribution in [0.15, 0.2) is 273 Å². The van der Waals surface area contributed by atoms with Gasteiger partial charge in [-0.2, -0.15) is 0 Å². The van der Waals surface area contributed by atoms with Crippen molar-refractivity contribution in [3.63, 3.8) is 0 Å². The lowest BCUT2D eigenvalue weighted by molar-refractivity contribution is 1.28. The van der Waals surface area contributed by atoms with Crippen molar-refractivity contribution in [2.75, 3.05) is 4.90 Å². The van der Waals surface area contributed by atoms with Crippen molar-refractivity contribution >= 4 is 91.7 Å². The fourth-order valence-electron chi connectivity index (χ4n) is 11.4. The second-order valence-electron chi connectivity index (χ2n) is 18.7. The number of benzene rings is 13. The Labute approximate surface area is 422 Å². The van der Waals surface area contributed by atoms with Gasteiger partial charge in [-0.05, 0) is 142 Å². The van der Waals surface area contributed by atoms with Crippen LogP contribution < -0.4 is 4.90 Å². The van der Waals surface area contributed by atoms with Crippen LogP contribution in [-0.2, 0) is 0 Å². The first-order valence-electron chi connectivity index (χ1n) is 24.7. The van der Waals surface area contributed by atoms with Crippen LogP contribution >= 0.6 is 11.3 Å². The zero-order valence-electron chi connectivity index (χ0n) is 39.3. The van der Waals surface area contributed by atoms with Crippen LogP contribution in [0.25, 0.3) is 119 Å². The Morgan fingerprint density at radius 3 is 1.56 bits per heavy atom. The smallest absolute Gasteiger partial charge is 0.0540 e. The fraction of sp³-hybridized carbons (Fsp3) is 0. The number of hydrogen-bond donors (Lipinski definition) is 0. The van der Waals surface area contributed by atoms with E-state index in [1.165, 1.54) is 108 Å². The molecule has 72 heavy (non-hydrogen) atoms. The molecule has 0 saturated carbocycles. The lowest BCUT2D eigenvalue weighted by Crippen LogP contribution is -2.11. The molecule has 14 aromatic rings. The average Bonchev–Trinajstić information content (AvgIpc) is 3.84. The molecular formula is C70H45NS. The van der Waals surface area contributed by atoms with Gasteiger partial charge in [-0.15, -0.1) is 11.3 Å². The van der Waals surface area contributed by atoms with Crippen LogP contribution in [-0.4, -0.2) is 0 Å². The van der Waals surface area contributed by atoms with E-state index in [0.717, 1.165) is 28.2 Å². The van der Waals surface area contributed by atoms with E-state index in [1.807, 2.05) is 11.3 Å². The first kappa shape index (κ1) is 41.9. The summed E-state index contributed by atoms with van der Waals surface area (Å²) in [7, 11) is 0. The van der Waals surface area contributed by atoms with Gasteiger partial charge in [-0.25, -0.2) is 0 Å². The van der Waals surface area contributed by atoms with Crippen LogP contribution in [0.1, 0.15) is 0 Å². The minimum absolute atomic E-state index is 1.08. The molecule has 0 spiro atoms. The summed E-state index contributed by atoms with van der Waals surface area (Å²) in [4.78, 5) is 2.46. The Kier molecular flexibility index (Phi) is 10.1. The third-order valence-corrected chi connectivity index (χ3v) is 15.9. The molecule has 0 aliphatic rings. The minimum Gasteiger partial charge on any atom is -0.310 e. The molecule has 1 nitrogen and oxygen atoms in total. The fourth-order valence-corrected chi connectivity index (χ4v) is 12.6. The summed E-state index contributed by atoms with van der Waals surface area (Å²) in [6.07, 6.45) is 0. The van der Waals surface area contributed by atoms with Gasteiger partial charge in [0, 0.05) is 37.1 Å². The van der Waals surface area contributed by atoms with Crippen LogP contribution in [0.2, 0.25) is 0 Å². The molecule has 1 aromatic heterocycles. The van der Waals surface area contributed by atoms with E-state index < -0.39 is 0 Å². The first-order chi connectivity index (χ1) is 35.7. The van der Waals surface area contributed by atoms with E-state index in [0.29, 0.717) is 0 Å². The summed E-state index contributed by atoms with van der Waals surface area (Å²) in [5.74, 6) is 0. The highest BCUT2D eigenvalue weighted by molar-refractivity contribution is 7.26. The highest BCUT2D eigenvalue weighted by Crippen LogP contribution is 2.49. The second-order valence-corrected chi connectivity index (χ2v) is 19.8. The summed E-state index contributed by atoms with van der Waals surface area (Å²) in [5.41, 5.74) is 15.3. The molecule has 0 bridgehead atoms. The first-order valence-corrected chi connectivity index (χ1v) is 25.6. The van der Waals surface area contributed by atoms with Crippen LogP contribution in [0.3, 0.4) is 0 Å². The summed E-state index contributed by atoms with van der Waals surface area (Å²) >= 11 is 1.88. The molecule has 0 amide bonds. The molecule has 0 radical (unpaired) electrons. The van der Waals surface area contributed by atoms with Crippen molar-refractivity contribution in [2.45, 2.75) is 0 Å². The quantitative estimate of drug-likeness (QED) is 0.137. The Morgan fingerprint density at radius 2 is 0.778 bits per heavy atom. The standard InChI is InChI=1S/C70H45NS/c1-3-19-47(20-4-1)68-62-32-12-11-29-58(62)60-42-39-51(45-65(60)69(68)48-21-5-2-6-22-48)55-27-13-15-35-66(55)71(53-25-17-24-49(43-53)56-33-18-34-63-61-31-14-16-36-67(61)72-70(56)63)52-40-37-46(38-41-52)64-44-50-23-7-8-26-54(50)57-28-9-10-30-59(57)64/h1-45H. The highest BCUT2D eigenvalue weighted by Gasteiger charge is 2.22. The van der Waals surface area contributed by atoms with Gasteiger partial charge in [0.05, 0.1) is 5.69 Å². The van der Waals surface area contributed by atoms with E-state index in [1.54, 1.807) is 0 Å². The lowest BCUT2D eigenvalue weighted by Gasteiger charge is -2.29. The zero-order chi connectivity index (χ0) is 47.5. The maximum Gasteiger partial charge on any atom is 0.0540 e. The number of hydrogen-bond acceptors (Lipinski definition) is 2. The summed E-state index contributed by atoms with van der Waals surface area (Å²) in [5, 5.41) is 12.6. The Balaban J connectivity index is 0.986. The SMILES string of the molecule is c1ccc(-c2c(-c3ccccc3)c3cc(-c4ccccc4N(c4ccc(-c5cc6ccccc6c6ccccc56)cc4)c4cccc(-c5cccc6c5sc5ccccc56)c4)ccc3c3ccccc23)cc1. The molecule has 13 aromatic carbocycles. The molecule has 0 N–H and O–H groups in total. The summed E-state index contributed by atoms with van der Waals surface area (Å²) in [6, 6.07) is 101. The predicted octanol–water partition coefficient (Wildman–Crippen LogP) is 20.5. The molecule has 0 saturated heterocycles. The third-order valence-electron chi connectivity index (χ3n) is 14.6. The summed E-state index contributed by atoms with van der Waals surface area (Å²) in [6.45, 7) is 0. The summed E-state index contributed by atoms with van der Waals surface area (Å²) < 4.78 is 2.61. The molecular weight excluding hydrogens is 887 g/mol. The van der Waals surface area contributed by atoms with Gasteiger partial charge in [0.2, 0.25) is 0 Å². The largest absolute Gasteiger partial charge is 0.310 e. The maximum absolute atomic E-state index is 2.46. The van der Waals surface area contributed by atoms with Crippen molar-refractivity contribution in [3.8, 4) is 55.6 Å². The molecule has 0 atom stereocenters. The molecule has 0 unspecified atom stereocenters. The van der Waals surface area contributed by atoms with Crippen LogP contribution in [0, 0.1) is 0 Å². The van der Waals surface area contributed by atoms with Gasteiger partial charge in [0.1, 0.15) is 0 Å². The van der Waals surface area contributed by atoms with Gasteiger partial charge in [0.25, 0.3) is 0 Å². The van der Waals surface area contributed by atoms with Crippen molar-refractivity contribution < 1.29 is 0 Å². The van der Waals surface area contributed by atoms with E-state index in [4.69, 9.17) is 0 Å². The van der Waals surface area contributed by atoms with Crippen molar-refractivity contribution in [1.29, 1.82) is 0 Å². The van der Waals surface area contributed by atoms with Crippen molar-refractivity contribution in [1.82, 2.24) is 0 Å². The monoisotopic (exact) mass is 931 g/mol. The molecule has 336 valence electrons. The van der Waals surface area contributed by atoms with E-state index in [-0.39, 0.29) is 0 Å². The molecule has 14 rings (SSSR count). The molecule has 0 aliphatic heterocycles. The Bertz CT molecular complexity index is 4380. The molecule has 1 heterocycles. The number of para-hydroxylation sites is 1. The van der Waals surface area contributed by atoms with Gasteiger partial charge >= 0.3 is 0 Å². The van der Waals surface area contributed by atoms with Crippen molar-refractivity contribution in [3.05, 3.63) is 273 Å². The average molecular weight is 932 g/mol. The van der Waals surface area contributed by atoms with Crippen LogP contribution in [0.4, 0.5) is 17.1 Å². The van der Waals surface area contributed by atoms with Crippen molar-refractivity contribution in [2.24, 2.45) is 0 Å². The topological polar surface area (TPSA) is 3.24 Å². The van der Waals surface area contributed by atoms with Gasteiger partial charge in [-0.3, -0.25) is 0 Å². The normalized spacial score (nSPS) is 11.6. The van der Waals surface area contributed by atoms with Gasteiger partial charge in [0.15, 0.2) is 0 Å². The number of thiophene rings is 1. The van der Waals surface area contributed by atoms with E-state index in [2.05, 4.69) is 278 Å². The third kappa shape index (κ3) is 6.99. The molecule has 2 heteroatoms. The van der Waals surface area contributed by atoms with E-state index in [9.17, 15) is 0 Å². The number of rotatable bonds is 8. The number of anilines is 3. The van der Waals surface area contributed by atoms with Gasteiger partial charge < -0.3 is 4.90 Å². The number of fused-ring (bicyclic) bond motifs is 9. The molecule has 0 fully saturated rings. The second kappa shape index (κ2) is 17.4. The highest BCUT2D eigenvalue weighted by atomic mass is 32.1. The minimum atomic E-state index is 1.08. The van der Waals surface area contributed by atoms with Crippen LogP contribution in [0.5, 0.6) is 0 Å². The predicted molar refractivity (Wildman–Crippen MR) is 311 cm³/mol. The zero-order valence-corrected chi connectivity index (χ0v) is 40.2. The Hall–Kier alpha value is -9.08. The van der Waals surface area contributed by atoms with E-state index >= 15 is 0 Å². The van der Waals surface area contributed by atoms with Gasteiger partial charge in [-0.1, -0.05) is 224 Å².